The quantitative estimate of drug-likeness (QED) is 0.808. The third-order valence-electron chi connectivity index (χ3n) is 2.26. The largest absolute Gasteiger partial charge is 0.496 e. The Bertz CT molecular complexity index is 368. The normalized spacial score (nSPS) is 14.9. The molecule has 74 valence electrons. The first-order chi connectivity index (χ1) is 6.79. The third-order valence-corrected chi connectivity index (χ3v) is 2.49. The molecule has 14 heavy (non-hydrogen) atoms. The molecule has 1 saturated heterocycles. The molecule has 1 aliphatic rings. The Morgan fingerprint density at radius 3 is 2.79 bits per heavy atom. The molecule has 0 bridgehead atoms. The van der Waals surface area contributed by atoms with Crippen LogP contribution in [-0.2, 0) is 0 Å². The molecule has 1 heterocycles. The van der Waals surface area contributed by atoms with E-state index >= 15 is 0 Å². The van der Waals surface area contributed by atoms with Crippen molar-refractivity contribution in [1.29, 1.82) is 0 Å². The van der Waals surface area contributed by atoms with E-state index in [4.69, 9.17) is 16.3 Å². The zero-order valence-corrected chi connectivity index (χ0v) is 8.77. The summed E-state index contributed by atoms with van der Waals surface area (Å²) in [6, 6.07) is 5.65. The fraction of sp³-hybridized carbons (Fsp3) is 0.273. The second kappa shape index (κ2) is 4.03. The van der Waals surface area contributed by atoms with E-state index in [0.29, 0.717) is 0 Å². The van der Waals surface area contributed by atoms with E-state index in [9.17, 15) is 0 Å². The van der Waals surface area contributed by atoms with E-state index in [0.717, 1.165) is 29.4 Å². The van der Waals surface area contributed by atoms with Crippen LogP contribution in [0.25, 0.3) is 6.08 Å². The van der Waals surface area contributed by atoms with Crippen molar-refractivity contribution in [2.75, 3.05) is 20.2 Å². The summed E-state index contributed by atoms with van der Waals surface area (Å²) in [4.78, 5) is 0. The van der Waals surface area contributed by atoms with Crippen molar-refractivity contribution in [2.24, 2.45) is 0 Å². The van der Waals surface area contributed by atoms with Gasteiger partial charge in [-0.15, -0.1) is 0 Å². The van der Waals surface area contributed by atoms with E-state index in [1.807, 2.05) is 18.2 Å². The second-order valence-electron chi connectivity index (χ2n) is 3.29. The second-order valence-corrected chi connectivity index (χ2v) is 3.73. The molecule has 1 fully saturated rings. The zero-order chi connectivity index (χ0) is 9.97. The Morgan fingerprint density at radius 2 is 2.21 bits per heavy atom. The summed E-state index contributed by atoms with van der Waals surface area (Å²) in [7, 11) is 1.67. The third kappa shape index (κ3) is 1.91. The fourth-order valence-corrected chi connectivity index (χ4v) is 1.59. The molecule has 1 aromatic carbocycles. The molecule has 0 aliphatic carbocycles. The van der Waals surface area contributed by atoms with Crippen LogP contribution in [0.5, 0.6) is 5.75 Å². The van der Waals surface area contributed by atoms with Gasteiger partial charge in [-0.05, 0) is 29.8 Å². The zero-order valence-electron chi connectivity index (χ0n) is 8.01. The molecule has 3 heteroatoms. The molecule has 1 aliphatic heterocycles. The van der Waals surface area contributed by atoms with Crippen LogP contribution in [0.3, 0.4) is 0 Å². The summed E-state index contributed by atoms with van der Waals surface area (Å²) in [5, 5.41) is 3.93. The van der Waals surface area contributed by atoms with E-state index in [-0.39, 0.29) is 0 Å². The van der Waals surface area contributed by atoms with Crippen molar-refractivity contribution >= 4 is 17.7 Å². The minimum atomic E-state index is 0.741. The predicted octanol–water partition coefficient (Wildman–Crippen LogP) is 2.34. The molecular weight excluding hydrogens is 198 g/mol. The van der Waals surface area contributed by atoms with Gasteiger partial charge in [-0.3, -0.25) is 0 Å². The number of hydrogen-bond acceptors (Lipinski definition) is 2. The van der Waals surface area contributed by atoms with Crippen molar-refractivity contribution in [1.82, 2.24) is 5.32 Å². The van der Waals surface area contributed by atoms with Gasteiger partial charge in [0.05, 0.1) is 7.11 Å². The molecule has 1 aromatic rings. The first-order valence-corrected chi connectivity index (χ1v) is 4.91. The van der Waals surface area contributed by atoms with Gasteiger partial charge in [-0.1, -0.05) is 11.6 Å². The number of methoxy groups -OCH3 is 1. The number of hydrogen-bond donors (Lipinski definition) is 1. The molecule has 0 spiro atoms. The van der Waals surface area contributed by atoms with Gasteiger partial charge in [0.15, 0.2) is 0 Å². The van der Waals surface area contributed by atoms with Crippen molar-refractivity contribution in [3.63, 3.8) is 0 Å². The van der Waals surface area contributed by atoms with Gasteiger partial charge < -0.3 is 10.1 Å². The molecule has 0 saturated carbocycles. The lowest BCUT2D eigenvalue weighted by Gasteiger charge is -2.19. The van der Waals surface area contributed by atoms with Crippen LogP contribution in [0.4, 0.5) is 0 Å². The first kappa shape index (κ1) is 9.56. The average molecular weight is 210 g/mol. The number of benzene rings is 1. The Labute approximate surface area is 88.5 Å². The first-order valence-electron chi connectivity index (χ1n) is 4.53. The maximum Gasteiger partial charge on any atom is 0.126 e. The Kier molecular flexibility index (Phi) is 2.75. The monoisotopic (exact) mass is 209 g/mol. The highest BCUT2D eigenvalue weighted by atomic mass is 35.5. The lowest BCUT2D eigenvalue weighted by atomic mass is 10.1. The topological polar surface area (TPSA) is 21.3 Å². The number of ether oxygens (including phenoxy) is 1. The molecule has 2 rings (SSSR count). The van der Waals surface area contributed by atoms with Crippen LogP contribution in [0.15, 0.2) is 23.8 Å². The lowest BCUT2D eigenvalue weighted by molar-refractivity contribution is 0.414. The van der Waals surface area contributed by atoms with Gasteiger partial charge in [0.1, 0.15) is 5.75 Å². The molecule has 1 N–H and O–H groups in total. The van der Waals surface area contributed by atoms with Crippen molar-refractivity contribution in [3.8, 4) is 5.75 Å². The van der Waals surface area contributed by atoms with Crippen LogP contribution in [-0.4, -0.2) is 20.2 Å². The van der Waals surface area contributed by atoms with Crippen molar-refractivity contribution < 1.29 is 4.74 Å². The van der Waals surface area contributed by atoms with E-state index in [2.05, 4.69) is 11.4 Å². The molecule has 0 amide bonds. The fourth-order valence-electron chi connectivity index (χ4n) is 1.41. The summed E-state index contributed by atoms with van der Waals surface area (Å²) in [5.74, 6) is 0.869. The van der Waals surface area contributed by atoms with Crippen molar-refractivity contribution in [2.45, 2.75) is 0 Å². The van der Waals surface area contributed by atoms with Gasteiger partial charge in [-0.25, -0.2) is 0 Å². The van der Waals surface area contributed by atoms with Gasteiger partial charge in [0, 0.05) is 23.7 Å². The SMILES string of the molecule is COc1ccc(Cl)cc1C=C1CNC1. The van der Waals surface area contributed by atoms with E-state index in [1.165, 1.54) is 5.57 Å². The van der Waals surface area contributed by atoms with Gasteiger partial charge in [0.25, 0.3) is 0 Å². The molecule has 0 aromatic heterocycles. The predicted molar refractivity (Wildman–Crippen MR) is 58.9 cm³/mol. The highest BCUT2D eigenvalue weighted by Crippen LogP contribution is 2.25. The maximum absolute atomic E-state index is 5.92. The Morgan fingerprint density at radius 1 is 1.43 bits per heavy atom. The standard InChI is InChI=1S/C11H12ClNO/c1-14-11-3-2-10(12)5-9(11)4-8-6-13-7-8/h2-5,13H,6-7H2,1H3. The Hall–Kier alpha value is -0.990. The minimum Gasteiger partial charge on any atom is -0.496 e. The molecule has 2 nitrogen and oxygen atoms in total. The summed E-state index contributed by atoms with van der Waals surface area (Å²) < 4.78 is 5.25. The summed E-state index contributed by atoms with van der Waals surface area (Å²) in [5.41, 5.74) is 2.43. The minimum absolute atomic E-state index is 0.741. The van der Waals surface area contributed by atoms with Crippen LogP contribution >= 0.6 is 11.6 Å². The van der Waals surface area contributed by atoms with Crippen LogP contribution in [0.1, 0.15) is 5.56 Å². The van der Waals surface area contributed by atoms with Gasteiger partial charge in [-0.2, -0.15) is 0 Å². The van der Waals surface area contributed by atoms with Crippen molar-refractivity contribution in [3.05, 3.63) is 34.4 Å². The number of halogens is 1. The molecule has 0 radical (unpaired) electrons. The van der Waals surface area contributed by atoms with Crippen LogP contribution in [0.2, 0.25) is 5.02 Å². The van der Waals surface area contributed by atoms with E-state index < -0.39 is 0 Å². The maximum atomic E-state index is 5.92. The molecule has 0 atom stereocenters. The average Bonchev–Trinajstić information content (AvgIpc) is 2.12. The summed E-state index contributed by atoms with van der Waals surface area (Å²) in [6.07, 6.45) is 2.13. The van der Waals surface area contributed by atoms with E-state index in [1.54, 1.807) is 7.11 Å². The highest BCUT2D eigenvalue weighted by molar-refractivity contribution is 6.30. The highest BCUT2D eigenvalue weighted by Gasteiger charge is 2.08. The Balaban J connectivity index is 2.33. The summed E-state index contributed by atoms with van der Waals surface area (Å²) in [6.45, 7) is 1.94. The van der Waals surface area contributed by atoms with Gasteiger partial charge in [0.2, 0.25) is 0 Å². The van der Waals surface area contributed by atoms with Crippen LogP contribution < -0.4 is 10.1 Å². The number of rotatable bonds is 2. The van der Waals surface area contributed by atoms with Crippen LogP contribution in [0, 0.1) is 0 Å². The molecule has 0 unspecified atom stereocenters. The number of nitrogens with one attached hydrogen (secondary N) is 1. The smallest absolute Gasteiger partial charge is 0.126 e. The summed E-state index contributed by atoms with van der Waals surface area (Å²) >= 11 is 5.92. The molecular formula is C11H12ClNO. The van der Waals surface area contributed by atoms with Gasteiger partial charge >= 0.3 is 0 Å². The lowest BCUT2D eigenvalue weighted by Crippen LogP contribution is -2.33.